The molecule has 80 valence electrons. The Morgan fingerprint density at radius 2 is 2.47 bits per heavy atom. The third kappa shape index (κ3) is 2.44. The molecule has 5 nitrogen and oxygen atoms in total. The molecular weight excluding hydrogens is 194 g/mol. The van der Waals surface area contributed by atoms with E-state index in [9.17, 15) is 9.90 Å². The lowest BCUT2D eigenvalue weighted by Crippen LogP contribution is -2.43. The minimum absolute atomic E-state index is 0.00224. The quantitative estimate of drug-likeness (QED) is 0.668. The Morgan fingerprint density at radius 1 is 1.67 bits per heavy atom. The van der Waals surface area contributed by atoms with Crippen molar-refractivity contribution in [1.82, 2.24) is 10.3 Å². The van der Waals surface area contributed by atoms with Crippen LogP contribution in [-0.2, 0) is 4.79 Å². The molecule has 0 atom stereocenters. The van der Waals surface area contributed by atoms with E-state index >= 15 is 0 Å². The van der Waals surface area contributed by atoms with Crippen LogP contribution in [0, 0.1) is 5.92 Å². The van der Waals surface area contributed by atoms with E-state index in [-0.39, 0.29) is 17.5 Å². The molecule has 0 radical (unpaired) electrons. The molecule has 3 N–H and O–H groups in total. The van der Waals surface area contributed by atoms with Gasteiger partial charge in [0.15, 0.2) is 11.6 Å². The largest absolute Gasteiger partial charge is 0.504 e. The van der Waals surface area contributed by atoms with Crippen LogP contribution in [0.2, 0.25) is 0 Å². The fraction of sp³-hybridized carbons (Fsp3) is 0.400. The number of carbonyl (C=O) groups is 1. The number of hydrogen-bond acceptors (Lipinski definition) is 4. The second-order valence-corrected chi connectivity index (χ2v) is 3.65. The molecule has 2 heterocycles. The maximum absolute atomic E-state index is 11.5. The Balaban J connectivity index is 1.90. The number of amides is 1. The van der Waals surface area contributed by atoms with Gasteiger partial charge < -0.3 is 15.7 Å². The molecule has 1 aromatic heterocycles. The average Bonchev–Trinajstić information content (AvgIpc) is 2.16. The number of nitrogens with one attached hydrogen (secondary N) is 2. The molecule has 2 rings (SSSR count). The topological polar surface area (TPSA) is 74.2 Å². The fourth-order valence-corrected chi connectivity index (χ4v) is 1.43. The summed E-state index contributed by atoms with van der Waals surface area (Å²) in [5, 5.41) is 15.1. The van der Waals surface area contributed by atoms with E-state index < -0.39 is 0 Å². The van der Waals surface area contributed by atoms with E-state index in [2.05, 4.69) is 15.6 Å². The van der Waals surface area contributed by atoms with E-state index in [1.165, 1.54) is 12.3 Å². The maximum atomic E-state index is 11.5. The molecule has 1 aliphatic heterocycles. The van der Waals surface area contributed by atoms with E-state index in [1.807, 2.05) is 0 Å². The zero-order chi connectivity index (χ0) is 10.7. The summed E-state index contributed by atoms with van der Waals surface area (Å²) in [7, 11) is 0. The monoisotopic (exact) mass is 207 g/mol. The third-order valence-electron chi connectivity index (χ3n) is 2.38. The first kappa shape index (κ1) is 9.92. The number of carbonyl (C=O) groups excluding carboxylic acids is 1. The highest BCUT2D eigenvalue weighted by molar-refractivity contribution is 5.91. The van der Waals surface area contributed by atoms with Gasteiger partial charge in [0.25, 0.3) is 0 Å². The number of nitrogens with zero attached hydrogens (tertiary/aromatic N) is 1. The summed E-state index contributed by atoms with van der Waals surface area (Å²) in [6.07, 6.45) is 2.00. The summed E-state index contributed by atoms with van der Waals surface area (Å²) < 4.78 is 0. The molecular formula is C10H13N3O2. The predicted octanol–water partition coefficient (Wildman–Crippen LogP) is 0.335. The summed E-state index contributed by atoms with van der Waals surface area (Å²) in [6, 6.07) is 3.11. The van der Waals surface area contributed by atoms with Crippen molar-refractivity contribution >= 4 is 11.7 Å². The van der Waals surface area contributed by atoms with Crippen LogP contribution in [0.4, 0.5) is 5.82 Å². The van der Waals surface area contributed by atoms with E-state index in [0.717, 1.165) is 13.1 Å². The van der Waals surface area contributed by atoms with Gasteiger partial charge in [-0.3, -0.25) is 4.79 Å². The smallest absolute Gasteiger partial charge is 0.226 e. The van der Waals surface area contributed by atoms with Crippen molar-refractivity contribution in [3.63, 3.8) is 0 Å². The van der Waals surface area contributed by atoms with Gasteiger partial charge in [0.1, 0.15) is 0 Å². The Labute approximate surface area is 87.5 Å². The van der Waals surface area contributed by atoms with Crippen LogP contribution in [0.5, 0.6) is 5.75 Å². The lowest BCUT2D eigenvalue weighted by molar-refractivity contribution is -0.117. The van der Waals surface area contributed by atoms with E-state index in [1.54, 1.807) is 6.07 Å². The molecule has 0 saturated carbocycles. The van der Waals surface area contributed by atoms with Gasteiger partial charge in [-0.2, -0.15) is 0 Å². The molecule has 0 bridgehead atoms. The SMILES string of the molecule is O=C(CC1CNC1)Nc1ncccc1O. The van der Waals surface area contributed by atoms with Crippen LogP contribution >= 0.6 is 0 Å². The number of hydrogen-bond donors (Lipinski definition) is 3. The highest BCUT2D eigenvalue weighted by Gasteiger charge is 2.20. The number of pyridine rings is 1. The van der Waals surface area contributed by atoms with Crippen LogP contribution in [0.3, 0.4) is 0 Å². The maximum Gasteiger partial charge on any atom is 0.226 e. The first-order valence-electron chi connectivity index (χ1n) is 4.90. The average molecular weight is 207 g/mol. The highest BCUT2D eigenvalue weighted by Crippen LogP contribution is 2.19. The molecule has 0 unspecified atom stereocenters. The number of aromatic nitrogens is 1. The summed E-state index contributed by atoms with van der Waals surface area (Å²) >= 11 is 0. The predicted molar refractivity (Wildman–Crippen MR) is 55.5 cm³/mol. The lowest BCUT2D eigenvalue weighted by Gasteiger charge is -2.26. The summed E-state index contributed by atoms with van der Waals surface area (Å²) in [5.41, 5.74) is 0. The first-order chi connectivity index (χ1) is 7.25. The van der Waals surface area contributed by atoms with Gasteiger partial charge in [0.2, 0.25) is 5.91 Å². The molecule has 0 aromatic carbocycles. The molecule has 5 heteroatoms. The molecule has 1 aliphatic rings. The Morgan fingerprint density at radius 3 is 3.07 bits per heavy atom. The molecule has 1 amide bonds. The van der Waals surface area contributed by atoms with Gasteiger partial charge >= 0.3 is 0 Å². The van der Waals surface area contributed by atoms with Crippen LogP contribution in [0.15, 0.2) is 18.3 Å². The van der Waals surface area contributed by atoms with Crippen LogP contribution in [0.1, 0.15) is 6.42 Å². The van der Waals surface area contributed by atoms with Crippen molar-refractivity contribution in [2.45, 2.75) is 6.42 Å². The minimum atomic E-state index is -0.101. The number of aromatic hydroxyl groups is 1. The Hall–Kier alpha value is -1.62. The van der Waals surface area contributed by atoms with Gasteiger partial charge in [-0.25, -0.2) is 4.98 Å². The standard InChI is InChI=1S/C10H13N3O2/c14-8-2-1-3-12-10(8)13-9(15)4-7-5-11-6-7/h1-3,7,11,14H,4-6H2,(H,12,13,15). The van der Waals surface area contributed by atoms with Gasteiger partial charge in [-0.05, 0) is 31.1 Å². The second kappa shape index (κ2) is 4.27. The van der Waals surface area contributed by atoms with Crippen molar-refractivity contribution in [2.75, 3.05) is 18.4 Å². The van der Waals surface area contributed by atoms with Crippen molar-refractivity contribution < 1.29 is 9.90 Å². The van der Waals surface area contributed by atoms with Crippen molar-refractivity contribution in [1.29, 1.82) is 0 Å². The van der Waals surface area contributed by atoms with Crippen LogP contribution < -0.4 is 10.6 Å². The number of anilines is 1. The van der Waals surface area contributed by atoms with Gasteiger partial charge in [0.05, 0.1) is 0 Å². The Bertz CT molecular complexity index is 363. The molecule has 0 aliphatic carbocycles. The molecule has 1 fully saturated rings. The minimum Gasteiger partial charge on any atom is -0.504 e. The second-order valence-electron chi connectivity index (χ2n) is 3.65. The van der Waals surface area contributed by atoms with Crippen LogP contribution in [0.25, 0.3) is 0 Å². The summed E-state index contributed by atoms with van der Waals surface area (Å²) in [6.45, 7) is 1.78. The van der Waals surface area contributed by atoms with Gasteiger partial charge in [-0.15, -0.1) is 0 Å². The zero-order valence-electron chi connectivity index (χ0n) is 8.23. The first-order valence-corrected chi connectivity index (χ1v) is 4.90. The molecule has 15 heavy (non-hydrogen) atoms. The van der Waals surface area contributed by atoms with E-state index in [0.29, 0.717) is 12.3 Å². The molecule has 1 aromatic rings. The molecule has 0 spiro atoms. The van der Waals surface area contributed by atoms with Gasteiger partial charge in [0, 0.05) is 12.6 Å². The Kier molecular flexibility index (Phi) is 2.82. The lowest BCUT2D eigenvalue weighted by atomic mass is 9.99. The van der Waals surface area contributed by atoms with Crippen molar-refractivity contribution in [3.8, 4) is 5.75 Å². The zero-order valence-corrected chi connectivity index (χ0v) is 8.23. The van der Waals surface area contributed by atoms with Crippen LogP contribution in [-0.4, -0.2) is 29.1 Å². The van der Waals surface area contributed by atoms with Gasteiger partial charge in [-0.1, -0.05) is 0 Å². The highest BCUT2D eigenvalue weighted by atomic mass is 16.3. The summed E-state index contributed by atoms with van der Waals surface area (Å²) in [5.74, 6) is 0.540. The normalized spacial score (nSPS) is 15.7. The molecule has 1 saturated heterocycles. The van der Waals surface area contributed by atoms with Crippen molar-refractivity contribution in [3.05, 3.63) is 18.3 Å². The summed E-state index contributed by atoms with van der Waals surface area (Å²) in [4.78, 5) is 15.3. The third-order valence-corrected chi connectivity index (χ3v) is 2.38. The van der Waals surface area contributed by atoms with Crippen molar-refractivity contribution in [2.24, 2.45) is 5.92 Å². The fourth-order valence-electron chi connectivity index (χ4n) is 1.43. The number of rotatable bonds is 3. The van der Waals surface area contributed by atoms with E-state index in [4.69, 9.17) is 0 Å².